The number of rotatable bonds is 6. The third-order valence-corrected chi connectivity index (χ3v) is 2.16. The SMILES string of the molecule is CCCCC(C)CC(=S)OCC. The van der Waals surface area contributed by atoms with E-state index in [1.54, 1.807) is 0 Å². The molecule has 0 saturated heterocycles. The van der Waals surface area contributed by atoms with Crippen molar-refractivity contribution in [1.29, 1.82) is 0 Å². The van der Waals surface area contributed by atoms with Crippen molar-refractivity contribution in [1.82, 2.24) is 0 Å². The summed E-state index contributed by atoms with van der Waals surface area (Å²) in [6.07, 6.45) is 4.79. The predicted molar refractivity (Wildman–Crippen MR) is 57.5 cm³/mol. The summed E-state index contributed by atoms with van der Waals surface area (Å²) in [4.78, 5) is 0. The molecule has 0 saturated carbocycles. The third-order valence-electron chi connectivity index (χ3n) is 1.87. The molecule has 72 valence electrons. The number of thiocarbonyl (C=S) groups is 1. The van der Waals surface area contributed by atoms with E-state index in [0.717, 1.165) is 11.5 Å². The van der Waals surface area contributed by atoms with Crippen molar-refractivity contribution < 1.29 is 4.74 Å². The first-order valence-corrected chi connectivity index (χ1v) is 5.27. The van der Waals surface area contributed by atoms with Crippen LogP contribution in [0.4, 0.5) is 0 Å². The molecular weight excluding hydrogens is 168 g/mol. The lowest BCUT2D eigenvalue weighted by Gasteiger charge is -2.11. The zero-order valence-corrected chi connectivity index (χ0v) is 9.25. The van der Waals surface area contributed by atoms with Gasteiger partial charge in [0, 0.05) is 6.42 Å². The van der Waals surface area contributed by atoms with Gasteiger partial charge in [0.15, 0.2) is 5.05 Å². The Hall–Kier alpha value is -0.110. The molecule has 0 aliphatic heterocycles. The number of hydrogen-bond donors (Lipinski definition) is 0. The summed E-state index contributed by atoms with van der Waals surface area (Å²) in [7, 11) is 0. The summed E-state index contributed by atoms with van der Waals surface area (Å²) in [5.74, 6) is 0.684. The second-order valence-electron chi connectivity index (χ2n) is 3.26. The number of hydrogen-bond acceptors (Lipinski definition) is 2. The molecule has 0 aromatic carbocycles. The van der Waals surface area contributed by atoms with Crippen molar-refractivity contribution in [3.8, 4) is 0 Å². The Bertz CT molecular complexity index is 123. The predicted octanol–water partition coefficient (Wildman–Crippen LogP) is 3.57. The molecule has 0 amide bonds. The van der Waals surface area contributed by atoms with Crippen molar-refractivity contribution in [2.24, 2.45) is 5.92 Å². The van der Waals surface area contributed by atoms with E-state index in [-0.39, 0.29) is 0 Å². The highest BCUT2D eigenvalue weighted by atomic mass is 32.1. The fourth-order valence-electron chi connectivity index (χ4n) is 1.16. The third kappa shape index (κ3) is 6.59. The summed E-state index contributed by atoms with van der Waals surface area (Å²) in [5.41, 5.74) is 0. The summed E-state index contributed by atoms with van der Waals surface area (Å²) in [6, 6.07) is 0. The lowest BCUT2D eigenvalue weighted by Crippen LogP contribution is -2.07. The molecule has 12 heavy (non-hydrogen) atoms. The number of unbranched alkanes of at least 4 members (excludes halogenated alkanes) is 1. The summed E-state index contributed by atoms with van der Waals surface area (Å²) in [6.45, 7) is 7.14. The van der Waals surface area contributed by atoms with Crippen molar-refractivity contribution in [3.05, 3.63) is 0 Å². The molecular formula is C10H20OS. The van der Waals surface area contributed by atoms with E-state index in [1.807, 2.05) is 6.92 Å². The van der Waals surface area contributed by atoms with Gasteiger partial charge in [0.25, 0.3) is 0 Å². The van der Waals surface area contributed by atoms with Crippen LogP contribution >= 0.6 is 12.2 Å². The largest absolute Gasteiger partial charge is 0.487 e. The van der Waals surface area contributed by atoms with Gasteiger partial charge in [-0.1, -0.05) is 33.1 Å². The van der Waals surface area contributed by atoms with Crippen LogP contribution in [0.5, 0.6) is 0 Å². The minimum absolute atomic E-state index is 0.684. The van der Waals surface area contributed by atoms with Gasteiger partial charge in [-0.25, -0.2) is 0 Å². The quantitative estimate of drug-likeness (QED) is 0.589. The Kier molecular flexibility index (Phi) is 7.47. The first kappa shape index (κ1) is 11.9. The van der Waals surface area contributed by atoms with Crippen molar-refractivity contribution in [2.45, 2.75) is 46.5 Å². The lowest BCUT2D eigenvalue weighted by molar-refractivity contribution is 0.317. The first-order chi connectivity index (χ1) is 5.70. The van der Waals surface area contributed by atoms with Gasteiger partial charge in [-0.15, -0.1) is 0 Å². The molecule has 0 rings (SSSR count). The Labute approximate surface area is 81.5 Å². The monoisotopic (exact) mass is 188 g/mol. The molecule has 0 radical (unpaired) electrons. The molecule has 1 nitrogen and oxygen atoms in total. The van der Waals surface area contributed by atoms with Gasteiger partial charge in [-0.2, -0.15) is 0 Å². The van der Waals surface area contributed by atoms with Gasteiger partial charge in [0.1, 0.15) is 0 Å². The summed E-state index contributed by atoms with van der Waals surface area (Å²) < 4.78 is 5.22. The van der Waals surface area contributed by atoms with Crippen LogP contribution in [0.2, 0.25) is 0 Å². The average Bonchev–Trinajstić information content (AvgIpc) is 2.01. The second kappa shape index (κ2) is 7.53. The molecule has 2 heteroatoms. The summed E-state index contributed by atoms with van der Waals surface area (Å²) in [5, 5.41) is 0.779. The Morgan fingerprint density at radius 1 is 1.42 bits per heavy atom. The topological polar surface area (TPSA) is 9.23 Å². The van der Waals surface area contributed by atoms with Gasteiger partial charge in [-0.05, 0) is 25.1 Å². The minimum atomic E-state index is 0.684. The smallest absolute Gasteiger partial charge is 0.159 e. The average molecular weight is 188 g/mol. The van der Waals surface area contributed by atoms with E-state index < -0.39 is 0 Å². The van der Waals surface area contributed by atoms with E-state index in [9.17, 15) is 0 Å². The van der Waals surface area contributed by atoms with E-state index in [0.29, 0.717) is 12.5 Å². The fraction of sp³-hybridized carbons (Fsp3) is 0.900. The fourth-order valence-corrected chi connectivity index (χ4v) is 1.56. The Balaban J connectivity index is 3.40. The van der Waals surface area contributed by atoms with Gasteiger partial charge < -0.3 is 4.74 Å². The van der Waals surface area contributed by atoms with Crippen LogP contribution < -0.4 is 0 Å². The highest BCUT2D eigenvalue weighted by molar-refractivity contribution is 7.80. The molecule has 0 aromatic heterocycles. The molecule has 0 heterocycles. The van der Waals surface area contributed by atoms with Crippen LogP contribution in [0.15, 0.2) is 0 Å². The van der Waals surface area contributed by atoms with E-state index in [4.69, 9.17) is 17.0 Å². The maximum Gasteiger partial charge on any atom is 0.159 e. The highest BCUT2D eigenvalue weighted by Crippen LogP contribution is 2.12. The van der Waals surface area contributed by atoms with E-state index >= 15 is 0 Å². The van der Waals surface area contributed by atoms with Crippen LogP contribution in [0.3, 0.4) is 0 Å². The Morgan fingerprint density at radius 3 is 2.58 bits per heavy atom. The Morgan fingerprint density at radius 2 is 2.08 bits per heavy atom. The maximum absolute atomic E-state index is 5.22. The standard InChI is InChI=1S/C10H20OS/c1-4-6-7-9(3)8-10(12)11-5-2/h9H,4-8H2,1-3H3. The van der Waals surface area contributed by atoms with E-state index in [1.165, 1.54) is 19.3 Å². The molecule has 0 bridgehead atoms. The van der Waals surface area contributed by atoms with Crippen LogP contribution in [0.1, 0.15) is 46.5 Å². The molecule has 0 aromatic rings. The van der Waals surface area contributed by atoms with Crippen LogP contribution in [-0.2, 0) is 4.74 Å². The molecule has 0 fully saturated rings. The van der Waals surface area contributed by atoms with Gasteiger partial charge in [0.2, 0.25) is 0 Å². The molecule has 0 N–H and O–H groups in total. The van der Waals surface area contributed by atoms with Gasteiger partial charge in [-0.3, -0.25) is 0 Å². The highest BCUT2D eigenvalue weighted by Gasteiger charge is 2.05. The van der Waals surface area contributed by atoms with E-state index in [2.05, 4.69) is 13.8 Å². The first-order valence-electron chi connectivity index (χ1n) is 4.86. The summed E-state index contributed by atoms with van der Waals surface area (Å²) >= 11 is 5.06. The maximum atomic E-state index is 5.22. The molecule has 0 aliphatic carbocycles. The van der Waals surface area contributed by atoms with Crippen LogP contribution in [0.25, 0.3) is 0 Å². The second-order valence-corrected chi connectivity index (χ2v) is 3.71. The normalized spacial score (nSPS) is 12.6. The molecule has 0 spiro atoms. The van der Waals surface area contributed by atoms with Crippen LogP contribution in [0, 0.1) is 5.92 Å². The van der Waals surface area contributed by atoms with Crippen LogP contribution in [-0.4, -0.2) is 11.7 Å². The van der Waals surface area contributed by atoms with Crippen molar-refractivity contribution in [3.63, 3.8) is 0 Å². The molecule has 1 unspecified atom stereocenters. The van der Waals surface area contributed by atoms with Gasteiger partial charge >= 0.3 is 0 Å². The lowest BCUT2D eigenvalue weighted by atomic mass is 10.0. The van der Waals surface area contributed by atoms with Crippen molar-refractivity contribution in [2.75, 3.05) is 6.61 Å². The van der Waals surface area contributed by atoms with Crippen molar-refractivity contribution >= 4 is 17.3 Å². The minimum Gasteiger partial charge on any atom is -0.487 e. The zero-order chi connectivity index (χ0) is 9.40. The molecule has 0 aliphatic rings. The zero-order valence-electron chi connectivity index (χ0n) is 8.43. The van der Waals surface area contributed by atoms with Gasteiger partial charge in [0.05, 0.1) is 6.61 Å². The number of ether oxygens (including phenoxy) is 1. The molecule has 1 atom stereocenters.